The Balaban J connectivity index is 2.85. The van der Waals surface area contributed by atoms with Crippen molar-refractivity contribution in [3.05, 3.63) is 0 Å². The molecule has 20 heavy (non-hydrogen) atoms. The standard InChI is InChI=1S/C9H13F6O4P/c10-8(11,12)7(9(13,14)15)19-20(16)17-5-3-1-2-4-6-18-20/h7H,1-6H2. The minimum Gasteiger partial charge on any atom is -0.287 e. The molecule has 1 aliphatic heterocycles. The predicted octanol–water partition coefficient (Wildman–Crippen LogP) is 4.21. The molecule has 0 bridgehead atoms. The van der Waals surface area contributed by atoms with E-state index in [0.717, 1.165) is 0 Å². The van der Waals surface area contributed by atoms with Crippen LogP contribution in [0.2, 0.25) is 0 Å². The van der Waals surface area contributed by atoms with Gasteiger partial charge in [0.2, 0.25) is 0 Å². The third-order valence-electron chi connectivity index (χ3n) is 2.37. The Bertz CT molecular complexity index is 327. The molecular weight excluding hydrogens is 317 g/mol. The molecule has 11 heteroatoms. The van der Waals surface area contributed by atoms with Crippen molar-refractivity contribution in [2.24, 2.45) is 0 Å². The van der Waals surface area contributed by atoms with Gasteiger partial charge in [0.05, 0.1) is 13.2 Å². The summed E-state index contributed by atoms with van der Waals surface area (Å²) in [5.41, 5.74) is 0. The Hall–Kier alpha value is -0.310. The minimum atomic E-state index is -5.76. The van der Waals surface area contributed by atoms with E-state index in [-0.39, 0.29) is 13.2 Å². The van der Waals surface area contributed by atoms with Crippen LogP contribution in [0.1, 0.15) is 25.7 Å². The molecule has 0 N–H and O–H groups in total. The highest BCUT2D eigenvalue weighted by molar-refractivity contribution is 7.48. The minimum absolute atomic E-state index is 0.292. The van der Waals surface area contributed by atoms with Gasteiger partial charge in [0.1, 0.15) is 0 Å². The Morgan fingerprint density at radius 3 is 1.60 bits per heavy atom. The first-order chi connectivity index (χ1) is 9.05. The van der Waals surface area contributed by atoms with Crippen molar-refractivity contribution in [1.82, 2.24) is 0 Å². The molecule has 1 heterocycles. The van der Waals surface area contributed by atoms with Crippen molar-refractivity contribution in [3.63, 3.8) is 0 Å². The second-order valence-corrected chi connectivity index (χ2v) is 5.72. The Morgan fingerprint density at radius 2 is 1.25 bits per heavy atom. The van der Waals surface area contributed by atoms with Crippen LogP contribution in [0.5, 0.6) is 0 Å². The summed E-state index contributed by atoms with van der Waals surface area (Å²) in [4.78, 5) is 0. The van der Waals surface area contributed by atoms with Crippen LogP contribution in [0.4, 0.5) is 26.3 Å². The zero-order chi connectivity index (χ0) is 15.4. The highest BCUT2D eigenvalue weighted by Gasteiger charge is 2.61. The van der Waals surface area contributed by atoms with E-state index in [0.29, 0.717) is 25.7 Å². The normalized spacial score (nSPS) is 22.1. The summed E-state index contributed by atoms with van der Waals surface area (Å²) in [6.07, 6.45) is -13.8. The number of hydrogen-bond donors (Lipinski definition) is 0. The molecule has 120 valence electrons. The smallest absolute Gasteiger partial charge is 0.287 e. The van der Waals surface area contributed by atoms with Gasteiger partial charge in [-0.1, -0.05) is 12.8 Å². The second-order valence-electron chi connectivity index (χ2n) is 4.10. The van der Waals surface area contributed by atoms with Crippen molar-refractivity contribution in [2.45, 2.75) is 44.1 Å². The molecule has 0 unspecified atom stereocenters. The van der Waals surface area contributed by atoms with Crippen LogP contribution in [0, 0.1) is 0 Å². The number of halogens is 6. The first-order valence-electron chi connectivity index (χ1n) is 5.75. The molecule has 4 nitrogen and oxygen atoms in total. The molecule has 0 radical (unpaired) electrons. The molecule has 0 spiro atoms. The maximum atomic E-state index is 12.3. The van der Waals surface area contributed by atoms with Crippen LogP contribution >= 0.6 is 7.82 Å². The number of alkyl halides is 6. The highest BCUT2D eigenvalue weighted by Crippen LogP contribution is 2.55. The van der Waals surface area contributed by atoms with Gasteiger partial charge in [-0.3, -0.25) is 13.6 Å². The van der Waals surface area contributed by atoms with Gasteiger partial charge < -0.3 is 0 Å². The topological polar surface area (TPSA) is 44.8 Å². The summed E-state index contributed by atoms with van der Waals surface area (Å²) in [7, 11) is -4.90. The maximum absolute atomic E-state index is 12.3. The summed E-state index contributed by atoms with van der Waals surface area (Å²) in [5.74, 6) is 0. The lowest BCUT2D eigenvalue weighted by molar-refractivity contribution is -0.303. The van der Waals surface area contributed by atoms with Crippen molar-refractivity contribution < 1.29 is 44.5 Å². The molecule has 0 aromatic rings. The summed E-state index contributed by atoms with van der Waals surface area (Å²) in [6, 6.07) is 0. The maximum Gasteiger partial charge on any atom is 0.475 e. The Kier molecular flexibility index (Phi) is 5.89. The highest BCUT2D eigenvalue weighted by atomic mass is 31.2. The number of rotatable bonds is 2. The van der Waals surface area contributed by atoms with E-state index in [1.807, 2.05) is 0 Å². The van der Waals surface area contributed by atoms with Gasteiger partial charge in [-0.25, -0.2) is 4.57 Å². The first kappa shape index (κ1) is 17.7. The van der Waals surface area contributed by atoms with Gasteiger partial charge >= 0.3 is 20.2 Å². The van der Waals surface area contributed by atoms with Crippen LogP contribution in [-0.2, 0) is 18.1 Å². The van der Waals surface area contributed by atoms with E-state index in [2.05, 4.69) is 13.6 Å². The van der Waals surface area contributed by atoms with Crippen LogP contribution in [-0.4, -0.2) is 31.7 Å². The third kappa shape index (κ3) is 5.59. The summed E-state index contributed by atoms with van der Waals surface area (Å²) < 4.78 is 98.4. The largest absolute Gasteiger partial charge is 0.475 e. The van der Waals surface area contributed by atoms with E-state index in [1.165, 1.54) is 0 Å². The second kappa shape index (κ2) is 6.64. The lowest BCUT2D eigenvalue weighted by Crippen LogP contribution is -2.43. The average Bonchev–Trinajstić information content (AvgIpc) is 2.36. The van der Waals surface area contributed by atoms with Crippen molar-refractivity contribution in [2.75, 3.05) is 13.2 Å². The van der Waals surface area contributed by atoms with E-state index in [9.17, 15) is 30.9 Å². The SMILES string of the molecule is O=P1(OC(C(F)(F)F)C(F)(F)F)OCCCCCCO1. The first-order valence-corrected chi connectivity index (χ1v) is 7.22. The van der Waals surface area contributed by atoms with E-state index >= 15 is 0 Å². The number of hydrogen-bond acceptors (Lipinski definition) is 4. The molecule has 0 saturated carbocycles. The van der Waals surface area contributed by atoms with Crippen LogP contribution < -0.4 is 0 Å². The summed E-state index contributed by atoms with van der Waals surface area (Å²) in [6.45, 7) is -0.584. The molecule has 1 fully saturated rings. The van der Waals surface area contributed by atoms with E-state index < -0.39 is 26.3 Å². The van der Waals surface area contributed by atoms with E-state index in [4.69, 9.17) is 0 Å². The zero-order valence-electron chi connectivity index (χ0n) is 10.2. The monoisotopic (exact) mass is 330 g/mol. The van der Waals surface area contributed by atoms with Crippen LogP contribution in [0.25, 0.3) is 0 Å². The molecule has 1 aliphatic rings. The van der Waals surface area contributed by atoms with Crippen molar-refractivity contribution in [1.29, 1.82) is 0 Å². The fraction of sp³-hybridized carbons (Fsp3) is 1.00. The van der Waals surface area contributed by atoms with Gasteiger partial charge in [0.25, 0.3) is 6.10 Å². The molecule has 1 saturated heterocycles. The third-order valence-corrected chi connectivity index (χ3v) is 3.83. The average molecular weight is 330 g/mol. The molecule has 1 rings (SSSR count). The van der Waals surface area contributed by atoms with E-state index in [1.54, 1.807) is 0 Å². The molecular formula is C9H13F6O4P. The van der Waals surface area contributed by atoms with Gasteiger partial charge in [0, 0.05) is 0 Å². The lowest BCUT2D eigenvalue weighted by Gasteiger charge is -2.26. The van der Waals surface area contributed by atoms with Crippen molar-refractivity contribution in [3.8, 4) is 0 Å². The molecule has 0 amide bonds. The van der Waals surface area contributed by atoms with Crippen LogP contribution in [0.15, 0.2) is 0 Å². The number of phosphoric ester groups is 1. The van der Waals surface area contributed by atoms with Gasteiger partial charge in [0.15, 0.2) is 0 Å². The van der Waals surface area contributed by atoms with Crippen LogP contribution in [0.3, 0.4) is 0 Å². The molecule has 0 aromatic heterocycles. The zero-order valence-corrected chi connectivity index (χ0v) is 11.1. The lowest BCUT2D eigenvalue weighted by atomic mass is 10.2. The van der Waals surface area contributed by atoms with Gasteiger partial charge in [-0.15, -0.1) is 0 Å². The molecule has 0 aliphatic carbocycles. The fourth-order valence-electron chi connectivity index (χ4n) is 1.44. The summed E-state index contributed by atoms with van der Waals surface area (Å²) >= 11 is 0. The Morgan fingerprint density at radius 1 is 0.850 bits per heavy atom. The number of phosphoric acid groups is 1. The van der Waals surface area contributed by atoms with Crippen molar-refractivity contribution >= 4 is 7.82 Å². The van der Waals surface area contributed by atoms with Gasteiger partial charge in [-0.2, -0.15) is 26.3 Å². The molecule has 0 aromatic carbocycles. The fourth-order valence-corrected chi connectivity index (χ4v) is 2.84. The summed E-state index contributed by atoms with van der Waals surface area (Å²) in [5, 5.41) is 0. The Labute approximate surface area is 111 Å². The predicted molar refractivity (Wildman–Crippen MR) is 55.0 cm³/mol. The quantitative estimate of drug-likeness (QED) is 0.562. The van der Waals surface area contributed by atoms with Gasteiger partial charge in [-0.05, 0) is 12.8 Å². The molecule has 0 atom stereocenters.